The van der Waals surface area contributed by atoms with Gasteiger partial charge in [-0.2, -0.15) is 0 Å². The minimum atomic E-state index is -0.599. The number of rotatable bonds is 9. The summed E-state index contributed by atoms with van der Waals surface area (Å²) in [5.41, 5.74) is 6.71. The maximum absolute atomic E-state index is 13.1. The molecule has 0 bridgehead atoms. The summed E-state index contributed by atoms with van der Waals surface area (Å²) in [5.74, 6) is 0.411. The molecular weight excluding hydrogens is 502 g/mol. The van der Waals surface area contributed by atoms with E-state index in [0.717, 1.165) is 10.4 Å². The molecule has 2 atom stereocenters. The first-order valence-corrected chi connectivity index (χ1v) is 13.2. The Balaban J connectivity index is 1.32. The third kappa shape index (κ3) is 6.38. The fraction of sp³-hybridized carbons (Fsp3) is 0.286. The lowest BCUT2D eigenvalue weighted by Crippen LogP contribution is -2.51. The van der Waals surface area contributed by atoms with Gasteiger partial charge in [-0.15, -0.1) is 11.3 Å². The van der Waals surface area contributed by atoms with Gasteiger partial charge in [-0.25, -0.2) is 0 Å². The number of nitrogen functional groups attached to an aromatic ring is 1. The standard InChI is InChI=1S/C28H31N5O4S/c1-17-14-19(9-12-23(17)37-20-6-4-3-5-7-20)27(35)32-16-25(34)33-18(2)8-11-22(33)28(36)31-15-21-10-13-24(38-21)26(29)30/h3-7,9-10,12-14,18,22H,8,11,15-16H2,1-2H3,(H3,29,30)(H,31,36)(H,32,35). The molecule has 9 nitrogen and oxygen atoms in total. The highest BCUT2D eigenvalue weighted by molar-refractivity contribution is 7.14. The molecule has 0 saturated carbocycles. The number of ether oxygens (including phenoxy) is 1. The van der Waals surface area contributed by atoms with Gasteiger partial charge in [-0.1, -0.05) is 18.2 Å². The maximum Gasteiger partial charge on any atom is 0.251 e. The van der Waals surface area contributed by atoms with Crippen molar-refractivity contribution in [2.45, 2.75) is 45.3 Å². The van der Waals surface area contributed by atoms with E-state index in [-0.39, 0.29) is 36.1 Å². The number of amidine groups is 1. The number of hydrogen-bond donors (Lipinski definition) is 4. The Hall–Kier alpha value is -4.18. The normalized spacial score (nSPS) is 16.6. The second kappa shape index (κ2) is 11.9. The predicted molar refractivity (Wildman–Crippen MR) is 147 cm³/mol. The molecule has 5 N–H and O–H groups in total. The summed E-state index contributed by atoms with van der Waals surface area (Å²) in [6.07, 6.45) is 1.26. The lowest BCUT2D eigenvalue weighted by atomic mass is 10.1. The van der Waals surface area contributed by atoms with E-state index in [1.807, 2.05) is 50.2 Å². The largest absolute Gasteiger partial charge is 0.457 e. The van der Waals surface area contributed by atoms with Gasteiger partial charge in [0.05, 0.1) is 18.0 Å². The molecule has 2 heterocycles. The summed E-state index contributed by atoms with van der Waals surface area (Å²) in [4.78, 5) is 41.8. The van der Waals surface area contributed by atoms with Crippen LogP contribution in [0, 0.1) is 12.3 Å². The number of nitrogens with one attached hydrogen (secondary N) is 3. The van der Waals surface area contributed by atoms with E-state index in [0.29, 0.717) is 41.3 Å². The lowest BCUT2D eigenvalue weighted by Gasteiger charge is -2.28. The Morgan fingerprint density at radius 1 is 1.08 bits per heavy atom. The Kier molecular flexibility index (Phi) is 8.42. The van der Waals surface area contributed by atoms with Gasteiger partial charge in [0, 0.05) is 16.5 Å². The van der Waals surface area contributed by atoms with Gasteiger partial charge in [0.1, 0.15) is 23.4 Å². The minimum Gasteiger partial charge on any atom is -0.457 e. The maximum atomic E-state index is 13.1. The SMILES string of the molecule is Cc1cc(C(=O)NCC(=O)N2C(C)CCC2C(=O)NCc2ccc(C(=N)N)s2)ccc1Oc1ccccc1. The number of likely N-dealkylation sites (tertiary alicyclic amines) is 1. The molecular formula is C28H31N5O4S. The Morgan fingerprint density at radius 3 is 2.53 bits per heavy atom. The van der Waals surface area contributed by atoms with Crippen LogP contribution in [0.5, 0.6) is 11.5 Å². The topological polar surface area (TPSA) is 138 Å². The fourth-order valence-corrected chi connectivity index (χ4v) is 5.25. The summed E-state index contributed by atoms with van der Waals surface area (Å²) in [6, 6.07) is 17.3. The predicted octanol–water partition coefficient (Wildman–Crippen LogP) is 3.56. The van der Waals surface area contributed by atoms with Gasteiger partial charge in [0.15, 0.2) is 0 Å². The molecule has 38 heavy (non-hydrogen) atoms. The molecule has 4 rings (SSSR count). The van der Waals surface area contributed by atoms with Gasteiger partial charge in [0.25, 0.3) is 5.91 Å². The van der Waals surface area contributed by atoms with Crippen molar-refractivity contribution < 1.29 is 19.1 Å². The summed E-state index contributed by atoms with van der Waals surface area (Å²) < 4.78 is 5.87. The number of benzene rings is 2. The smallest absolute Gasteiger partial charge is 0.251 e. The van der Waals surface area contributed by atoms with E-state index in [9.17, 15) is 14.4 Å². The molecule has 1 aromatic heterocycles. The molecule has 1 aliphatic heterocycles. The van der Waals surface area contributed by atoms with Crippen LogP contribution in [0.1, 0.15) is 45.4 Å². The first-order valence-electron chi connectivity index (χ1n) is 12.4. The molecule has 1 fully saturated rings. The molecule has 2 aromatic carbocycles. The van der Waals surface area contributed by atoms with Crippen LogP contribution in [0.25, 0.3) is 0 Å². The Bertz CT molecular complexity index is 1340. The van der Waals surface area contributed by atoms with E-state index in [4.69, 9.17) is 15.9 Å². The third-order valence-electron chi connectivity index (χ3n) is 6.43. The van der Waals surface area contributed by atoms with Gasteiger partial charge < -0.3 is 26.0 Å². The van der Waals surface area contributed by atoms with E-state index < -0.39 is 6.04 Å². The van der Waals surface area contributed by atoms with Crippen molar-refractivity contribution in [2.75, 3.05) is 6.54 Å². The summed E-state index contributed by atoms with van der Waals surface area (Å²) in [5, 5.41) is 13.1. The monoisotopic (exact) mass is 533 g/mol. The van der Waals surface area contributed by atoms with Crippen LogP contribution >= 0.6 is 11.3 Å². The number of para-hydroxylation sites is 1. The number of amides is 3. The molecule has 1 aliphatic rings. The quantitative estimate of drug-likeness (QED) is 0.246. The number of hydrogen-bond acceptors (Lipinski definition) is 6. The number of nitrogens with two attached hydrogens (primary N) is 1. The Labute approximate surface area is 225 Å². The third-order valence-corrected chi connectivity index (χ3v) is 7.55. The average Bonchev–Trinajstić information content (AvgIpc) is 3.54. The van der Waals surface area contributed by atoms with Crippen LogP contribution in [0.2, 0.25) is 0 Å². The van der Waals surface area contributed by atoms with Gasteiger partial charge in [-0.05, 0) is 74.7 Å². The number of nitrogens with zero attached hydrogens (tertiary/aromatic N) is 1. The van der Waals surface area contributed by atoms with Crippen molar-refractivity contribution in [3.8, 4) is 11.5 Å². The number of aryl methyl sites for hydroxylation is 1. The molecule has 198 valence electrons. The highest BCUT2D eigenvalue weighted by Crippen LogP contribution is 2.26. The van der Waals surface area contributed by atoms with E-state index >= 15 is 0 Å². The van der Waals surface area contributed by atoms with Crippen LogP contribution in [0.4, 0.5) is 0 Å². The summed E-state index contributed by atoms with van der Waals surface area (Å²) in [6.45, 7) is 3.84. The molecule has 3 amide bonds. The van der Waals surface area contributed by atoms with E-state index in [1.165, 1.54) is 11.3 Å². The number of thiophene rings is 1. The van der Waals surface area contributed by atoms with E-state index in [2.05, 4.69) is 10.6 Å². The van der Waals surface area contributed by atoms with Gasteiger partial charge in [-0.3, -0.25) is 19.8 Å². The van der Waals surface area contributed by atoms with Crippen LogP contribution < -0.4 is 21.1 Å². The fourth-order valence-electron chi connectivity index (χ4n) is 4.44. The summed E-state index contributed by atoms with van der Waals surface area (Å²) >= 11 is 1.34. The number of carbonyl (C=O) groups excluding carboxylic acids is 3. The average molecular weight is 534 g/mol. The first-order chi connectivity index (χ1) is 18.2. The number of carbonyl (C=O) groups is 3. The second-order valence-electron chi connectivity index (χ2n) is 9.22. The molecule has 1 saturated heterocycles. The van der Waals surface area contributed by atoms with Crippen molar-refractivity contribution in [1.82, 2.24) is 15.5 Å². The lowest BCUT2D eigenvalue weighted by molar-refractivity contribution is -0.139. The zero-order chi connectivity index (χ0) is 27.2. The highest BCUT2D eigenvalue weighted by Gasteiger charge is 2.38. The highest BCUT2D eigenvalue weighted by atomic mass is 32.1. The zero-order valence-electron chi connectivity index (χ0n) is 21.3. The van der Waals surface area contributed by atoms with Crippen LogP contribution in [0.3, 0.4) is 0 Å². The van der Waals surface area contributed by atoms with Crippen molar-refractivity contribution in [1.29, 1.82) is 5.41 Å². The van der Waals surface area contributed by atoms with Crippen molar-refractivity contribution >= 4 is 34.9 Å². The molecule has 3 aromatic rings. The molecule has 2 unspecified atom stereocenters. The Morgan fingerprint density at radius 2 is 1.84 bits per heavy atom. The van der Waals surface area contributed by atoms with Crippen LogP contribution in [0.15, 0.2) is 60.7 Å². The second-order valence-corrected chi connectivity index (χ2v) is 10.4. The summed E-state index contributed by atoms with van der Waals surface area (Å²) in [7, 11) is 0. The molecule has 0 aliphatic carbocycles. The van der Waals surface area contributed by atoms with Crippen LogP contribution in [-0.2, 0) is 16.1 Å². The van der Waals surface area contributed by atoms with Gasteiger partial charge in [0.2, 0.25) is 11.8 Å². The van der Waals surface area contributed by atoms with E-state index in [1.54, 1.807) is 29.2 Å². The molecule has 0 radical (unpaired) electrons. The first kappa shape index (κ1) is 26.9. The van der Waals surface area contributed by atoms with Crippen molar-refractivity contribution in [3.05, 3.63) is 81.5 Å². The van der Waals surface area contributed by atoms with Crippen molar-refractivity contribution in [2.24, 2.45) is 5.73 Å². The minimum absolute atomic E-state index is 0.0114. The molecule has 0 spiro atoms. The van der Waals surface area contributed by atoms with Crippen LogP contribution in [-0.4, -0.2) is 47.1 Å². The van der Waals surface area contributed by atoms with Gasteiger partial charge >= 0.3 is 0 Å². The molecule has 10 heteroatoms. The zero-order valence-corrected chi connectivity index (χ0v) is 22.1. The van der Waals surface area contributed by atoms with Crippen molar-refractivity contribution in [3.63, 3.8) is 0 Å².